The molecule has 0 aromatic heterocycles. The quantitative estimate of drug-likeness (QED) is 0.908. The molecule has 116 valence electrons. The van der Waals surface area contributed by atoms with Crippen LogP contribution in [0.1, 0.15) is 37.3 Å². The predicted molar refractivity (Wildman–Crippen MR) is 88.0 cm³/mol. The molecule has 3 fully saturated rings. The first-order valence-corrected chi connectivity index (χ1v) is 8.12. The lowest BCUT2D eigenvalue weighted by Crippen LogP contribution is -2.68. The summed E-state index contributed by atoms with van der Waals surface area (Å²) < 4.78 is 0. The third kappa shape index (κ3) is 1.85. The number of hydrogen-bond donors (Lipinski definition) is 1. The second-order valence-electron chi connectivity index (χ2n) is 7.16. The number of rotatable bonds is 2. The van der Waals surface area contributed by atoms with Crippen LogP contribution in [-0.2, 0) is 11.8 Å². The molecular weight excluding hydrogens is 282 g/mol. The molecule has 2 nitrogen and oxygen atoms in total. The van der Waals surface area contributed by atoms with Crippen LogP contribution in [0.3, 0.4) is 0 Å². The van der Waals surface area contributed by atoms with Crippen molar-refractivity contribution in [1.29, 1.82) is 0 Å². The average molecular weight is 308 g/mol. The molecule has 1 aromatic carbocycles. The van der Waals surface area contributed by atoms with Crippen LogP contribution in [0.5, 0.6) is 0 Å². The second-order valence-corrected chi connectivity index (χ2v) is 7.16. The molecule has 0 radical (unpaired) electrons. The van der Waals surface area contributed by atoms with Crippen LogP contribution in [0, 0.1) is 11.8 Å². The van der Waals surface area contributed by atoms with Crippen molar-refractivity contribution in [2.75, 3.05) is 13.7 Å². The molecule has 4 aliphatic rings. The maximum atomic E-state index is 9.72. The van der Waals surface area contributed by atoms with Crippen molar-refractivity contribution in [3.05, 3.63) is 35.4 Å². The van der Waals surface area contributed by atoms with E-state index in [1.54, 1.807) is 11.1 Å². The Kier molecular flexibility index (Phi) is 3.84. The zero-order valence-corrected chi connectivity index (χ0v) is 13.8. The van der Waals surface area contributed by atoms with Gasteiger partial charge in [-0.15, -0.1) is 12.4 Å². The van der Waals surface area contributed by atoms with Crippen molar-refractivity contribution in [3.63, 3.8) is 0 Å². The van der Waals surface area contributed by atoms with Gasteiger partial charge in [-0.3, -0.25) is 4.90 Å². The number of nitrogens with zero attached hydrogens (tertiary/aromatic N) is 1. The SMILES string of the molecule is CC[C@@]12CC3C(CO)CC1C(Cc1ccccc12)N3C.Cl. The number of aliphatic hydroxyl groups excluding tert-OH is 1. The molecule has 5 rings (SSSR count). The third-order valence-electron chi connectivity index (χ3n) is 6.74. The van der Waals surface area contributed by atoms with Crippen LogP contribution < -0.4 is 0 Å². The molecule has 1 aromatic rings. The van der Waals surface area contributed by atoms with Crippen LogP contribution in [0.25, 0.3) is 0 Å². The summed E-state index contributed by atoms with van der Waals surface area (Å²) in [6, 6.07) is 10.4. The number of piperidine rings is 2. The molecule has 2 aliphatic carbocycles. The lowest BCUT2D eigenvalue weighted by molar-refractivity contribution is -0.106. The highest BCUT2D eigenvalue weighted by Crippen LogP contribution is 2.59. The summed E-state index contributed by atoms with van der Waals surface area (Å²) in [5.41, 5.74) is 3.57. The summed E-state index contributed by atoms with van der Waals surface area (Å²) in [7, 11) is 2.29. The molecule has 3 heteroatoms. The molecule has 5 atom stereocenters. The Morgan fingerprint density at radius 1 is 1.29 bits per heavy atom. The third-order valence-corrected chi connectivity index (χ3v) is 6.74. The van der Waals surface area contributed by atoms with Crippen LogP contribution in [0.2, 0.25) is 0 Å². The lowest BCUT2D eigenvalue weighted by Gasteiger charge is -2.65. The average Bonchev–Trinajstić information content (AvgIpc) is 2.50. The van der Waals surface area contributed by atoms with Crippen molar-refractivity contribution >= 4 is 12.4 Å². The Morgan fingerprint density at radius 2 is 2.05 bits per heavy atom. The van der Waals surface area contributed by atoms with Crippen molar-refractivity contribution in [2.24, 2.45) is 11.8 Å². The van der Waals surface area contributed by atoms with E-state index < -0.39 is 0 Å². The highest BCUT2D eigenvalue weighted by molar-refractivity contribution is 5.85. The van der Waals surface area contributed by atoms with Crippen LogP contribution in [0.4, 0.5) is 0 Å². The smallest absolute Gasteiger partial charge is 0.0474 e. The molecule has 2 aliphatic heterocycles. The largest absolute Gasteiger partial charge is 0.396 e. The minimum Gasteiger partial charge on any atom is -0.396 e. The fraction of sp³-hybridized carbons (Fsp3) is 0.667. The summed E-state index contributed by atoms with van der Waals surface area (Å²) in [5.74, 6) is 1.22. The molecule has 2 heterocycles. The minimum absolute atomic E-state index is 0. The van der Waals surface area contributed by atoms with Gasteiger partial charge in [0.15, 0.2) is 0 Å². The molecule has 4 unspecified atom stereocenters. The minimum atomic E-state index is 0. The summed E-state index contributed by atoms with van der Waals surface area (Å²) in [4.78, 5) is 2.60. The normalized spacial score (nSPS) is 40.5. The monoisotopic (exact) mass is 307 g/mol. The summed E-state index contributed by atoms with van der Waals surface area (Å²) in [6.07, 6.45) is 4.91. The molecule has 1 N–H and O–H groups in total. The van der Waals surface area contributed by atoms with Crippen molar-refractivity contribution < 1.29 is 5.11 Å². The summed E-state index contributed by atoms with van der Waals surface area (Å²) >= 11 is 0. The Morgan fingerprint density at radius 3 is 2.76 bits per heavy atom. The lowest BCUT2D eigenvalue weighted by atomic mass is 9.48. The first-order chi connectivity index (χ1) is 9.71. The van der Waals surface area contributed by atoms with Gasteiger partial charge in [0.2, 0.25) is 0 Å². The molecule has 2 saturated heterocycles. The Labute approximate surface area is 134 Å². The van der Waals surface area contributed by atoms with Gasteiger partial charge in [-0.1, -0.05) is 31.2 Å². The fourth-order valence-electron chi connectivity index (χ4n) is 5.73. The van der Waals surface area contributed by atoms with Gasteiger partial charge in [0.05, 0.1) is 0 Å². The van der Waals surface area contributed by atoms with E-state index >= 15 is 0 Å². The van der Waals surface area contributed by atoms with E-state index in [1.165, 1.54) is 25.7 Å². The first-order valence-electron chi connectivity index (χ1n) is 8.12. The van der Waals surface area contributed by atoms with Crippen LogP contribution in [-0.4, -0.2) is 35.7 Å². The number of aliphatic hydroxyl groups is 1. The van der Waals surface area contributed by atoms with E-state index in [0.717, 1.165) is 5.92 Å². The van der Waals surface area contributed by atoms with Gasteiger partial charge in [-0.05, 0) is 55.7 Å². The van der Waals surface area contributed by atoms with Gasteiger partial charge >= 0.3 is 0 Å². The Hall–Kier alpha value is -0.570. The van der Waals surface area contributed by atoms with Gasteiger partial charge in [-0.25, -0.2) is 0 Å². The second kappa shape index (κ2) is 5.26. The molecule has 1 saturated carbocycles. The number of halogens is 1. The van der Waals surface area contributed by atoms with Crippen molar-refractivity contribution in [2.45, 2.75) is 50.1 Å². The highest BCUT2D eigenvalue weighted by atomic mass is 35.5. The summed E-state index contributed by atoms with van der Waals surface area (Å²) in [5, 5.41) is 9.72. The Bertz CT molecular complexity index is 534. The molecule has 21 heavy (non-hydrogen) atoms. The van der Waals surface area contributed by atoms with Crippen molar-refractivity contribution in [1.82, 2.24) is 4.90 Å². The van der Waals surface area contributed by atoms with E-state index in [2.05, 4.69) is 43.1 Å². The van der Waals surface area contributed by atoms with E-state index in [9.17, 15) is 5.11 Å². The van der Waals surface area contributed by atoms with Gasteiger partial charge in [0, 0.05) is 24.1 Å². The van der Waals surface area contributed by atoms with Crippen molar-refractivity contribution in [3.8, 4) is 0 Å². The van der Waals surface area contributed by atoms with Gasteiger partial charge in [0.1, 0.15) is 0 Å². The van der Waals surface area contributed by atoms with Gasteiger partial charge in [-0.2, -0.15) is 0 Å². The summed E-state index contributed by atoms with van der Waals surface area (Å²) in [6.45, 7) is 2.73. The molecule has 0 spiro atoms. The van der Waals surface area contributed by atoms with Gasteiger partial charge < -0.3 is 5.11 Å². The molecule has 0 amide bonds. The van der Waals surface area contributed by atoms with E-state index in [4.69, 9.17) is 0 Å². The predicted octanol–water partition coefficient (Wildman–Crippen LogP) is 3.01. The number of fused-ring (bicyclic) bond motifs is 2. The van der Waals surface area contributed by atoms with Crippen LogP contribution >= 0.6 is 12.4 Å². The van der Waals surface area contributed by atoms with Crippen LogP contribution in [0.15, 0.2) is 24.3 Å². The maximum Gasteiger partial charge on any atom is 0.0474 e. The molecular formula is C18H26ClNO. The topological polar surface area (TPSA) is 23.5 Å². The van der Waals surface area contributed by atoms with E-state index in [0.29, 0.717) is 30.0 Å². The fourth-order valence-corrected chi connectivity index (χ4v) is 5.73. The zero-order valence-electron chi connectivity index (χ0n) is 13.0. The number of likely N-dealkylation sites (N-methyl/N-ethyl adjacent to an activating group) is 1. The maximum absolute atomic E-state index is 9.72. The Balaban J connectivity index is 0.00000132. The number of benzene rings is 1. The van der Waals surface area contributed by atoms with E-state index in [-0.39, 0.29) is 12.4 Å². The zero-order chi connectivity index (χ0) is 13.9. The number of hydrogen-bond acceptors (Lipinski definition) is 2. The highest BCUT2D eigenvalue weighted by Gasteiger charge is 2.59. The van der Waals surface area contributed by atoms with Gasteiger partial charge in [0.25, 0.3) is 0 Å². The standard InChI is InChI=1S/C18H25NO.ClH/c1-3-18-10-17-13(11-20)8-15(18)16(19(17)2)9-12-6-4-5-7-14(12)18;/h4-7,13,15-17,20H,3,8-11H2,1-2H3;1H/t13?,15?,16?,17?,18-;/m0./s1. The molecule has 4 bridgehead atoms. The van der Waals surface area contributed by atoms with E-state index in [1.807, 2.05) is 0 Å². The first kappa shape index (κ1) is 15.3.